The lowest BCUT2D eigenvalue weighted by molar-refractivity contribution is 0.186. The molecule has 0 spiro atoms. The lowest BCUT2D eigenvalue weighted by Crippen LogP contribution is -2.40. The molecule has 6 nitrogen and oxygen atoms in total. The van der Waals surface area contributed by atoms with E-state index in [1.807, 2.05) is 26.8 Å². The molecule has 7 heteroatoms. The van der Waals surface area contributed by atoms with E-state index in [0.29, 0.717) is 36.3 Å². The largest absolute Gasteiger partial charge is 0.391 e. The number of hydrogen-bond acceptors (Lipinski definition) is 5. The van der Waals surface area contributed by atoms with E-state index < -0.39 is 0 Å². The van der Waals surface area contributed by atoms with E-state index in [-0.39, 0.29) is 17.9 Å². The minimum Gasteiger partial charge on any atom is -0.391 e. The molecule has 0 aliphatic heterocycles. The number of hydrogen-bond donors (Lipinski definition) is 1. The number of nitrogens with zero attached hydrogens (tertiary/aromatic N) is 2. The van der Waals surface area contributed by atoms with E-state index in [0.717, 1.165) is 16.0 Å². The van der Waals surface area contributed by atoms with Gasteiger partial charge in [-0.1, -0.05) is 11.6 Å². The lowest BCUT2D eigenvalue weighted by Gasteiger charge is -2.11. The molecule has 0 atom stereocenters. The summed E-state index contributed by atoms with van der Waals surface area (Å²) in [7, 11) is 1.58. The molecular weight excluding hydrogens is 328 g/mol. The first-order valence-corrected chi connectivity index (χ1v) is 8.72. The molecule has 2 rings (SSSR count). The zero-order chi connectivity index (χ0) is 17.9. The van der Waals surface area contributed by atoms with Crippen LogP contribution in [-0.2, 0) is 24.4 Å². The van der Waals surface area contributed by atoms with Crippen LogP contribution in [0.1, 0.15) is 30.7 Å². The molecule has 0 bridgehead atoms. The van der Waals surface area contributed by atoms with E-state index in [1.165, 1.54) is 15.9 Å². The molecule has 0 unspecified atom stereocenters. The quantitative estimate of drug-likeness (QED) is 0.774. The maximum Gasteiger partial charge on any atom is 0.332 e. The van der Waals surface area contributed by atoms with Gasteiger partial charge in [0.2, 0.25) is 0 Å². The Morgan fingerprint density at radius 1 is 1.25 bits per heavy atom. The third-order valence-corrected chi connectivity index (χ3v) is 5.26. The maximum atomic E-state index is 12.8. The molecule has 2 aromatic heterocycles. The molecule has 0 saturated carbocycles. The Morgan fingerprint density at radius 3 is 2.54 bits per heavy atom. The number of fused-ring (bicyclic) bond motifs is 1. The van der Waals surface area contributed by atoms with Crippen molar-refractivity contribution in [1.29, 1.82) is 0 Å². The molecule has 0 aliphatic rings. The summed E-state index contributed by atoms with van der Waals surface area (Å²) >= 11 is 1.30. The summed E-state index contributed by atoms with van der Waals surface area (Å²) in [6.07, 6.45) is 2.64. The van der Waals surface area contributed by atoms with Gasteiger partial charge in [0.15, 0.2) is 0 Å². The molecule has 2 heterocycles. The number of allylic oxidation sites excluding steroid dienone is 2. The summed E-state index contributed by atoms with van der Waals surface area (Å²) in [5.74, 6) is 0. The van der Waals surface area contributed by atoms with Crippen LogP contribution in [0.25, 0.3) is 10.2 Å². The first kappa shape index (κ1) is 18.6. The predicted octanol–water partition coefficient (Wildman–Crippen LogP) is 2.03. The van der Waals surface area contributed by atoms with Crippen molar-refractivity contribution in [3.8, 4) is 0 Å². The Morgan fingerprint density at radius 2 is 1.96 bits per heavy atom. The second kappa shape index (κ2) is 7.92. The van der Waals surface area contributed by atoms with Crippen molar-refractivity contribution in [3.63, 3.8) is 0 Å². The molecule has 0 aromatic carbocycles. The Kier molecular flexibility index (Phi) is 6.15. The van der Waals surface area contributed by atoms with E-state index in [2.05, 4.69) is 0 Å². The molecule has 0 saturated heterocycles. The van der Waals surface area contributed by atoms with Crippen LogP contribution in [0.2, 0.25) is 0 Å². The number of aliphatic hydroxyl groups excluding tert-OH is 1. The van der Waals surface area contributed by atoms with Crippen molar-refractivity contribution in [2.75, 3.05) is 13.7 Å². The Bertz CT molecular complexity index is 869. The van der Waals surface area contributed by atoms with Gasteiger partial charge < -0.3 is 9.84 Å². The van der Waals surface area contributed by atoms with Gasteiger partial charge in [0.1, 0.15) is 4.83 Å². The summed E-state index contributed by atoms with van der Waals surface area (Å²) in [5, 5.41) is 10.0. The first-order chi connectivity index (χ1) is 11.4. The summed E-state index contributed by atoms with van der Waals surface area (Å²) in [5.41, 5.74) is 1.31. The number of aliphatic hydroxyl groups is 1. The number of ether oxygens (including phenoxy) is 1. The van der Waals surface area contributed by atoms with Crippen molar-refractivity contribution in [1.82, 2.24) is 9.13 Å². The minimum absolute atomic E-state index is 0.138. The van der Waals surface area contributed by atoms with Gasteiger partial charge in [-0.3, -0.25) is 13.9 Å². The number of thiophene rings is 1. The molecular formula is C17H24N2O4S. The van der Waals surface area contributed by atoms with Crippen molar-refractivity contribution in [2.45, 2.75) is 46.9 Å². The van der Waals surface area contributed by atoms with Gasteiger partial charge in [0.25, 0.3) is 5.56 Å². The number of rotatable bonds is 7. The Hall–Kier alpha value is -1.70. The smallest absolute Gasteiger partial charge is 0.332 e. The number of methoxy groups -OCH3 is 1. The van der Waals surface area contributed by atoms with Crippen molar-refractivity contribution >= 4 is 21.6 Å². The van der Waals surface area contributed by atoms with Crippen molar-refractivity contribution < 1.29 is 9.84 Å². The van der Waals surface area contributed by atoms with Crippen LogP contribution in [-0.4, -0.2) is 28.0 Å². The summed E-state index contributed by atoms with van der Waals surface area (Å²) < 4.78 is 7.97. The summed E-state index contributed by atoms with van der Waals surface area (Å²) in [6, 6.07) is 0. The molecule has 0 amide bonds. The van der Waals surface area contributed by atoms with Gasteiger partial charge in [0.05, 0.1) is 25.1 Å². The Labute approximate surface area is 144 Å². The van der Waals surface area contributed by atoms with Crippen LogP contribution < -0.4 is 11.2 Å². The minimum atomic E-state index is -0.322. The molecule has 1 N–H and O–H groups in total. The highest BCUT2D eigenvalue weighted by atomic mass is 32.1. The summed E-state index contributed by atoms with van der Waals surface area (Å²) in [4.78, 5) is 26.9. The predicted molar refractivity (Wildman–Crippen MR) is 96.9 cm³/mol. The average Bonchev–Trinajstić information content (AvgIpc) is 2.87. The van der Waals surface area contributed by atoms with Crippen LogP contribution in [0.15, 0.2) is 21.2 Å². The van der Waals surface area contributed by atoms with Crippen molar-refractivity contribution in [3.05, 3.63) is 42.9 Å². The fourth-order valence-corrected chi connectivity index (χ4v) is 3.83. The molecule has 2 aromatic rings. The topological polar surface area (TPSA) is 73.5 Å². The maximum absolute atomic E-state index is 12.8. The van der Waals surface area contributed by atoms with Gasteiger partial charge in [0, 0.05) is 18.5 Å². The highest BCUT2D eigenvalue weighted by Crippen LogP contribution is 2.27. The average molecular weight is 352 g/mol. The van der Waals surface area contributed by atoms with Crippen molar-refractivity contribution in [2.24, 2.45) is 0 Å². The van der Waals surface area contributed by atoms with Gasteiger partial charge in [-0.05, 0) is 32.8 Å². The van der Waals surface area contributed by atoms with E-state index in [9.17, 15) is 14.7 Å². The van der Waals surface area contributed by atoms with Crippen LogP contribution in [0.5, 0.6) is 0 Å². The van der Waals surface area contributed by atoms with Gasteiger partial charge in [-0.15, -0.1) is 11.3 Å². The fourth-order valence-electron chi connectivity index (χ4n) is 2.65. The van der Waals surface area contributed by atoms with E-state index in [4.69, 9.17) is 4.74 Å². The zero-order valence-electron chi connectivity index (χ0n) is 14.6. The van der Waals surface area contributed by atoms with Gasteiger partial charge >= 0.3 is 5.69 Å². The highest BCUT2D eigenvalue weighted by molar-refractivity contribution is 7.18. The van der Waals surface area contributed by atoms with E-state index >= 15 is 0 Å². The second-order valence-electron chi connectivity index (χ2n) is 5.94. The van der Waals surface area contributed by atoms with Crippen LogP contribution in [0.4, 0.5) is 0 Å². The molecule has 0 aliphatic carbocycles. The van der Waals surface area contributed by atoms with Crippen LogP contribution in [0.3, 0.4) is 0 Å². The van der Waals surface area contributed by atoms with Gasteiger partial charge in [-0.25, -0.2) is 4.79 Å². The highest BCUT2D eigenvalue weighted by Gasteiger charge is 2.19. The van der Waals surface area contributed by atoms with Crippen LogP contribution >= 0.6 is 11.3 Å². The first-order valence-electron chi connectivity index (χ1n) is 7.91. The third-order valence-electron chi connectivity index (χ3n) is 3.96. The standard InChI is InChI=1S/C17H24N2O4S/c1-11(2)6-5-7-18-15(21)14-12(3)13(10-20)24-16(14)19(17(18)22)8-9-23-4/h6,20H,5,7-10H2,1-4H3. The number of aromatic nitrogens is 2. The molecule has 24 heavy (non-hydrogen) atoms. The molecule has 0 radical (unpaired) electrons. The fraction of sp³-hybridized carbons (Fsp3) is 0.529. The van der Waals surface area contributed by atoms with Crippen LogP contribution in [0, 0.1) is 6.92 Å². The third kappa shape index (κ3) is 3.53. The zero-order valence-corrected chi connectivity index (χ0v) is 15.4. The normalized spacial score (nSPS) is 11.2. The second-order valence-corrected chi connectivity index (χ2v) is 7.03. The van der Waals surface area contributed by atoms with Gasteiger partial charge in [-0.2, -0.15) is 0 Å². The van der Waals surface area contributed by atoms with E-state index in [1.54, 1.807) is 11.7 Å². The SMILES string of the molecule is COCCn1c(=O)n(CCC=C(C)C)c(=O)c2c(C)c(CO)sc21. The molecule has 0 fully saturated rings. The lowest BCUT2D eigenvalue weighted by atomic mass is 10.2. The Balaban J connectivity index is 2.69. The number of aryl methyl sites for hydroxylation is 1. The molecule has 132 valence electrons. The monoisotopic (exact) mass is 352 g/mol. The summed E-state index contributed by atoms with van der Waals surface area (Å²) in [6.45, 7) is 6.75.